The number of nitrogens with zero attached hydrogens (tertiary/aromatic N) is 2. The summed E-state index contributed by atoms with van der Waals surface area (Å²) in [5.74, 6) is 0.834. The van der Waals surface area contributed by atoms with Gasteiger partial charge in [0.2, 0.25) is 4.47 Å². The van der Waals surface area contributed by atoms with Gasteiger partial charge in [0.15, 0.2) is 5.01 Å². The normalized spacial score (nSPS) is 10.6. The Morgan fingerprint density at radius 3 is 2.35 bits per heavy atom. The van der Waals surface area contributed by atoms with Gasteiger partial charge in [-0.15, -0.1) is 10.2 Å². The molecular formula is C11H10Cl2N2OS. The molecule has 1 aromatic carbocycles. The number of ether oxygens (including phenoxy) is 1. The summed E-state index contributed by atoms with van der Waals surface area (Å²) < 4.78 is 6.14. The first-order valence-corrected chi connectivity index (χ1v) is 6.51. The zero-order valence-corrected chi connectivity index (χ0v) is 11.7. The Bertz CT molecular complexity index is 519. The SMILES string of the molecule is Cc1cc(Cl)cc(C)c1OCc1nnc(Cl)s1. The van der Waals surface area contributed by atoms with E-state index >= 15 is 0 Å². The molecule has 0 aliphatic carbocycles. The average Bonchev–Trinajstić information content (AvgIpc) is 2.62. The minimum atomic E-state index is 0.369. The topological polar surface area (TPSA) is 35.0 Å². The molecule has 0 atom stereocenters. The maximum absolute atomic E-state index is 5.95. The molecule has 2 aromatic rings. The molecule has 6 heteroatoms. The van der Waals surface area contributed by atoms with E-state index in [0.29, 0.717) is 16.1 Å². The molecule has 0 aliphatic rings. The van der Waals surface area contributed by atoms with Crippen molar-refractivity contribution >= 4 is 34.5 Å². The molecule has 90 valence electrons. The molecule has 3 nitrogen and oxygen atoms in total. The first kappa shape index (κ1) is 12.6. The standard InChI is InChI=1S/C11H10Cl2N2OS/c1-6-3-8(12)4-7(2)10(6)16-5-9-14-15-11(13)17-9/h3-4H,5H2,1-2H3. The van der Waals surface area contributed by atoms with E-state index in [4.69, 9.17) is 27.9 Å². The summed E-state index contributed by atoms with van der Waals surface area (Å²) in [4.78, 5) is 0. The highest BCUT2D eigenvalue weighted by Gasteiger charge is 2.08. The molecule has 1 heterocycles. The second-order valence-corrected chi connectivity index (χ2v) is 5.69. The summed E-state index contributed by atoms with van der Waals surface area (Å²) in [5.41, 5.74) is 2.01. The van der Waals surface area contributed by atoms with E-state index in [0.717, 1.165) is 21.9 Å². The molecule has 0 spiro atoms. The average molecular weight is 289 g/mol. The number of rotatable bonds is 3. The predicted molar refractivity (Wildman–Crippen MR) is 70.2 cm³/mol. The fraction of sp³-hybridized carbons (Fsp3) is 0.273. The molecule has 0 unspecified atom stereocenters. The van der Waals surface area contributed by atoms with Crippen molar-refractivity contribution in [3.63, 3.8) is 0 Å². The van der Waals surface area contributed by atoms with Gasteiger partial charge in [0, 0.05) is 5.02 Å². The number of hydrogen-bond donors (Lipinski definition) is 0. The first-order chi connectivity index (χ1) is 8.06. The second-order valence-electron chi connectivity index (χ2n) is 3.61. The zero-order chi connectivity index (χ0) is 12.4. The molecule has 0 radical (unpaired) electrons. The van der Waals surface area contributed by atoms with Gasteiger partial charge in [-0.3, -0.25) is 0 Å². The fourth-order valence-electron chi connectivity index (χ4n) is 1.55. The van der Waals surface area contributed by atoms with Gasteiger partial charge in [-0.25, -0.2) is 0 Å². The lowest BCUT2D eigenvalue weighted by molar-refractivity contribution is 0.300. The van der Waals surface area contributed by atoms with Crippen molar-refractivity contribution in [3.05, 3.63) is 37.8 Å². The van der Waals surface area contributed by atoms with Crippen molar-refractivity contribution < 1.29 is 4.74 Å². The Labute approximate surface area is 113 Å². The molecule has 2 rings (SSSR count). The van der Waals surface area contributed by atoms with Crippen LogP contribution in [0.15, 0.2) is 12.1 Å². The summed E-state index contributed by atoms with van der Waals surface area (Å²) in [6.45, 7) is 4.29. The van der Waals surface area contributed by atoms with E-state index in [-0.39, 0.29) is 0 Å². The second kappa shape index (κ2) is 5.21. The van der Waals surface area contributed by atoms with Gasteiger partial charge in [-0.05, 0) is 48.7 Å². The lowest BCUT2D eigenvalue weighted by Gasteiger charge is -2.11. The number of aryl methyl sites for hydroxylation is 2. The van der Waals surface area contributed by atoms with Crippen molar-refractivity contribution in [3.8, 4) is 5.75 Å². The molecule has 0 saturated carbocycles. The van der Waals surface area contributed by atoms with Crippen LogP contribution in [0.2, 0.25) is 9.49 Å². The van der Waals surface area contributed by atoms with Crippen molar-refractivity contribution in [1.29, 1.82) is 0 Å². The van der Waals surface area contributed by atoms with Gasteiger partial charge >= 0.3 is 0 Å². The Hall–Kier alpha value is -0.840. The molecular weight excluding hydrogens is 279 g/mol. The van der Waals surface area contributed by atoms with Gasteiger partial charge in [0.25, 0.3) is 0 Å². The third-order valence-corrected chi connectivity index (χ3v) is 3.42. The minimum Gasteiger partial charge on any atom is -0.486 e. The highest BCUT2D eigenvalue weighted by Crippen LogP contribution is 2.28. The van der Waals surface area contributed by atoms with Gasteiger partial charge in [0.1, 0.15) is 12.4 Å². The Balaban J connectivity index is 2.14. The van der Waals surface area contributed by atoms with Gasteiger partial charge < -0.3 is 4.74 Å². The monoisotopic (exact) mass is 288 g/mol. The van der Waals surface area contributed by atoms with Crippen LogP contribution in [0.5, 0.6) is 5.75 Å². The van der Waals surface area contributed by atoms with Crippen LogP contribution < -0.4 is 4.74 Å². The van der Waals surface area contributed by atoms with Crippen LogP contribution in [0, 0.1) is 13.8 Å². The zero-order valence-electron chi connectivity index (χ0n) is 9.33. The van der Waals surface area contributed by atoms with Crippen LogP contribution in [-0.4, -0.2) is 10.2 Å². The lowest BCUT2D eigenvalue weighted by atomic mass is 10.1. The predicted octanol–water partition coefficient (Wildman–Crippen LogP) is 4.04. The summed E-state index contributed by atoms with van der Waals surface area (Å²) in [7, 11) is 0. The highest BCUT2D eigenvalue weighted by atomic mass is 35.5. The quantitative estimate of drug-likeness (QED) is 0.855. The number of aromatic nitrogens is 2. The Morgan fingerprint density at radius 2 is 1.82 bits per heavy atom. The van der Waals surface area contributed by atoms with Gasteiger partial charge in [-0.2, -0.15) is 0 Å². The number of hydrogen-bond acceptors (Lipinski definition) is 4. The molecule has 1 aromatic heterocycles. The smallest absolute Gasteiger partial charge is 0.207 e. The maximum atomic E-state index is 5.95. The Kier molecular flexibility index (Phi) is 3.86. The van der Waals surface area contributed by atoms with Crippen LogP contribution in [0.25, 0.3) is 0 Å². The molecule has 17 heavy (non-hydrogen) atoms. The van der Waals surface area contributed by atoms with Crippen molar-refractivity contribution in [2.45, 2.75) is 20.5 Å². The van der Waals surface area contributed by atoms with Crippen molar-refractivity contribution in [1.82, 2.24) is 10.2 Å². The molecule has 0 bridgehead atoms. The molecule has 0 N–H and O–H groups in total. The fourth-order valence-corrected chi connectivity index (χ4v) is 2.66. The third kappa shape index (κ3) is 3.09. The summed E-state index contributed by atoms with van der Waals surface area (Å²) in [5, 5.41) is 9.08. The Morgan fingerprint density at radius 1 is 1.18 bits per heavy atom. The van der Waals surface area contributed by atoms with Crippen LogP contribution in [-0.2, 0) is 6.61 Å². The lowest BCUT2D eigenvalue weighted by Crippen LogP contribution is -1.98. The third-order valence-electron chi connectivity index (χ3n) is 2.21. The van der Waals surface area contributed by atoms with Crippen LogP contribution in [0.4, 0.5) is 0 Å². The molecule has 0 aliphatic heterocycles. The van der Waals surface area contributed by atoms with Gasteiger partial charge in [0.05, 0.1) is 0 Å². The molecule has 0 amide bonds. The van der Waals surface area contributed by atoms with Crippen LogP contribution in [0.1, 0.15) is 16.1 Å². The van der Waals surface area contributed by atoms with E-state index in [1.807, 2.05) is 26.0 Å². The maximum Gasteiger partial charge on any atom is 0.207 e. The number of benzene rings is 1. The van der Waals surface area contributed by atoms with E-state index < -0.39 is 0 Å². The van der Waals surface area contributed by atoms with Crippen LogP contribution in [0.3, 0.4) is 0 Å². The first-order valence-electron chi connectivity index (χ1n) is 4.93. The van der Waals surface area contributed by atoms with E-state index in [9.17, 15) is 0 Å². The summed E-state index contributed by atoms with van der Waals surface area (Å²) in [6.07, 6.45) is 0. The summed E-state index contributed by atoms with van der Waals surface area (Å²) >= 11 is 13.0. The van der Waals surface area contributed by atoms with Crippen molar-refractivity contribution in [2.75, 3.05) is 0 Å². The number of halogens is 2. The highest BCUT2D eigenvalue weighted by molar-refractivity contribution is 7.15. The summed E-state index contributed by atoms with van der Waals surface area (Å²) in [6, 6.07) is 3.74. The van der Waals surface area contributed by atoms with Gasteiger partial charge in [-0.1, -0.05) is 22.9 Å². The minimum absolute atomic E-state index is 0.369. The van der Waals surface area contributed by atoms with E-state index in [1.165, 1.54) is 11.3 Å². The molecule has 0 saturated heterocycles. The van der Waals surface area contributed by atoms with E-state index in [1.54, 1.807) is 0 Å². The molecule has 0 fully saturated rings. The van der Waals surface area contributed by atoms with Crippen LogP contribution >= 0.6 is 34.5 Å². The van der Waals surface area contributed by atoms with E-state index in [2.05, 4.69) is 10.2 Å². The largest absolute Gasteiger partial charge is 0.486 e. The van der Waals surface area contributed by atoms with Crippen molar-refractivity contribution in [2.24, 2.45) is 0 Å².